The van der Waals surface area contributed by atoms with Crippen molar-refractivity contribution in [3.05, 3.63) is 0 Å². The Balaban J connectivity index is 1.39. The first-order chi connectivity index (χ1) is 13.0. The Morgan fingerprint density at radius 1 is 1.22 bits per heavy atom. The summed E-state index contributed by atoms with van der Waals surface area (Å²) in [6, 6.07) is -0.0858. The zero-order valence-corrected chi connectivity index (χ0v) is 16.3. The van der Waals surface area contributed by atoms with E-state index in [4.69, 9.17) is 14.6 Å². The molecule has 0 bridgehead atoms. The van der Waals surface area contributed by atoms with E-state index in [1.54, 1.807) is 16.8 Å². The Morgan fingerprint density at radius 2 is 2.00 bits per heavy atom. The van der Waals surface area contributed by atoms with Crippen molar-refractivity contribution in [1.29, 1.82) is 0 Å². The van der Waals surface area contributed by atoms with Crippen LogP contribution in [0.15, 0.2) is 0 Å². The molecule has 0 radical (unpaired) electrons. The molecule has 0 aromatic rings. The molecule has 1 saturated carbocycles. The SMILES string of the molecule is CN(CC(=O)O)CC1CN(C(=O)NCC2CCC3(CCCCC3)O2)CCO1. The van der Waals surface area contributed by atoms with Crippen LogP contribution in [0.5, 0.6) is 0 Å². The maximum absolute atomic E-state index is 12.5. The highest BCUT2D eigenvalue weighted by Gasteiger charge is 2.40. The number of nitrogens with one attached hydrogen (secondary N) is 1. The van der Waals surface area contributed by atoms with Crippen molar-refractivity contribution in [2.45, 2.75) is 62.8 Å². The van der Waals surface area contributed by atoms with Gasteiger partial charge in [-0.05, 0) is 32.7 Å². The predicted octanol–water partition coefficient (Wildman–Crippen LogP) is 1.30. The van der Waals surface area contributed by atoms with Crippen molar-refractivity contribution in [2.24, 2.45) is 0 Å². The van der Waals surface area contributed by atoms with Gasteiger partial charge in [0.05, 0.1) is 31.0 Å². The van der Waals surface area contributed by atoms with Crippen LogP contribution in [0.3, 0.4) is 0 Å². The van der Waals surface area contributed by atoms with Crippen LogP contribution in [0.4, 0.5) is 4.79 Å². The molecule has 27 heavy (non-hydrogen) atoms. The highest BCUT2D eigenvalue weighted by Crippen LogP contribution is 2.41. The molecular formula is C19H33N3O5. The van der Waals surface area contributed by atoms with Crippen LogP contribution in [0, 0.1) is 0 Å². The molecule has 1 spiro atoms. The van der Waals surface area contributed by atoms with Gasteiger partial charge in [0.25, 0.3) is 0 Å². The molecule has 3 fully saturated rings. The van der Waals surface area contributed by atoms with E-state index in [0.717, 1.165) is 25.7 Å². The number of likely N-dealkylation sites (N-methyl/N-ethyl adjacent to an activating group) is 1. The molecule has 3 rings (SSSR count). The molecule has 3 aliphatic rings. The van der Waals surface area contributed by atoms with Crippen molar-refractivity contribution < 1.29 is 24.2 Å². The Kier molecular flexibility index (Phi) is 6.94. The van der Waals surface area contributed by atoms with Crippen LogP contribution in [-0.4, -0.2) is 91.1 Å². The van der Waals surface area contributed by atoms with Crippen LogP contribution in [0.2, 0.25) is 0 Å². The third kappa shape index (κ3) is 5.80. The van der Waals surface area contributed by atoms with Crippen LogP contribution in [0.1, 0.15) is 44.9 Å². The number of hydrogen-bond acceptors (Lipinski definition) is 5. The van der Waals surface area contributed by atoms with E-state index in [2.05, 4.69) is 5.32 Å². The molecule has 2 N–H and O–H groups in total. The molecule has 8 nitrogen and oxygen atoms in total. The minimum Gasteiger partial charge on any atom is -0.480 e. The first-order valence-electron chi connectivity index (χ1n) is 10.2. The van der Waals surface area contributed by atoms with Gasteiger partial charge in [0.1, 0.15) is 0 Å². The number of carboxylic acid groups (broad SMARTS) is 1. The summed E-state index contributed by atoms with van der Waals surface area (Å²) in [5.74, 6) is -0.866. The summed E-state index contributed by atoms with van der Waals surface area (Å²) in [5.41, 5.74) is 0.0758. The highest BCUT2D eigenvalue weighted by atomic mass is 16.5. The van der Waals surface area contributed by atoms with Crippen molar-refractivity contribution >= 4 is 12.0 Å². The van der Waals surface area contributed by atoms with Gasteiger partial charge < -0.3 is 24.8 Å². The van der Waals surface area contributed by atoms with E-state index in [0.29, 0.717) is 32.8 Å². The molecule has 0 aromatic heterocycles. The largest absolute Gasteiger partial charge is 0.480 e. The molecule has 154 valence electrons. The molecule has 2 unspecified atom stereocenters. The highest BCUT2D eigenvalue weighted by molar-refractivity contribution is 5.74. The lowest BCUT2D eigenvalue weighted by Crippen LogP contribution is -2.53. The van der Waals surface area contributed by atoms with Gasteiger partial charge in [-0.2, -0.15) is 0 Å². The molecular weight excluding hydrogens is 350 g/mol. The molecule has 2 heterocycles. The fraction of sp³-hybridized carbons (Fsp3) is 0.895. The third-order valence-electron chi connectivity index (χ3n) is 5.93. The first-order valence-corrected chi connectivity index (χ1v) is 10.2. The number of nitrogens with zero attached hydrogens (tertiary/aromatic N) is 2. The van der Waals surface area contributed by atoms with E-state index in [1.165, 1.54) is 19.3 Å². The number of morpholine rings is 1. The Hall–Kier alpha value is -1.38. The van der Waals surface area contributed by atoms with Crippen LogP contribution >= 0.6 is 0 Å². The number of carbonyl (C=O) groups excluding carboxylic acids is 1. The monoisotopic (exact) mass is 383 g/mol. The summed E-state index contributed by atoms with van der Waals surface area (Å²) < 4.78 is 12.0. The van der Waals surface area contributed by atoms with Crippen LogP contribution in [0.25, 0.3) is 0 Å². The van der Waals surface area contributed by atoms with Crippen molar-refractivity contribution in [3.63, 3.8) is 0 Å². The Bertz CT molecular complexity index is 523. The second-order valence-corrected chi connectivity index (χ2v) is 8.24. The second kappa shape index (κ2) is 9.21. The number of amides is 2. The van der Waals surface area contributed by atoms with E-state index in [1.807, 2.05) is 0 Å². The molecule has 8 heteroatoms. The average Bonchev–Trinajstić information content (AvgIpc) is 3.02. The van der Waals surface area contributed by atoms with Gasteiger partial charge in [-0.25, -0.2) is 4.79 Å². The number of hydrogen-bond donors (Lipinski definition) is 2. The molecule has 2 saturated heterocycles. The third-order valence-corrected chi connectivity index (χ3v) is 5.93. The lowest BCUT2D eigenvalue weighted by Gasteiger charge is -2.35. The Labute approximate surface area is 161 Å². The second-order valence-electron chi connectivity index (χ2n) is 8.24. The summed E-state index contributed by atoms with van der Waals surface area (Å²) in [5, 5.41) is 11.9. The minimum atomic E-state index is -0.866. The summed E-state index contributed by atoms with van der Waals surface area (Å²) in [7, 11) is 1.75. The molecule has 2 atom stereocenters. The number of rotatable bonds is 6. The topological polar surface area (TPSA) is 91.3 Å². The summed E-state index contributed by atoms with van der Waals surface area (Å²) in [4.78, 5) is 26.8. The molecule has 2 aliphatic heterocycles. The van der Waals surface area contributed by atoms with Gasteiger partial charge in [-0.1, -0.05) is 19.3 Å². The van der Waals surface area contributed by atoms with Gasteiger partial charge in [0.2, 0.25) is 0 Å². The number of ether oxygens (including phenoxy) is 2. The zero-order chi connectivity index (χ0) is 19.3. The number of urea groups is 1. The van der Waals surface area contributed by atoms with Gasteiger partial charge in [0.15, 0.2) is 0 Å². The van der Waals surface area contributed by atoms with Crippen molar-refractivity contribution in [2.75, 3.05) is 46.4 Å². The number of aliphatic carboxylic acids is 1. The van der Waals surface area contributed by atoms with Crippen LogP contribution < -0.4 is 5.32 Å². The maximum atomic E-state index is 12.5. The lowest BCUT2D eigenvalue weighted by molar-refractivity contribution is -0.138. The summed E-state index contributed by atoms with van der Waals surface area (Å²) in [6.07, 6.45) is 8.22. The van der Waals surface area contributed by atoms with Gasteiger partial charge >= 0.3 is 12.0 Å². The quantitative estimate of drug-likeness (QED) is 0.718. The minimum absolute atomic E-state index is 0.0349. The van der Waals surface area contributed by atoms with Crippen molar-refractivity contribution in [1.82, 2.24) is 15.1 Å². The fourth-order valence-corrected chi connectivity index (χ4v) is 4.57. The van der Waals surface area contributed by atoms with Gasteiger partial charge in [0, 0.05) is 26.2 Å². The Morgan fingerprint density at radius 3 is 2.74 bits per heavy atom. The number of carboxylic acids is 1. The maximum Gasteiger partial charge on any atom is 0.317 e. The number of carbonyl (C=O) groups is 2. The zero-order valence-electron chi connectivity index (χ0n) is 16.3. The van der Waals surface area contributed by atoms with E-state index >= 15 is 0 Å². The van der Waals surface area contributed by atoms with E-state index in [9.17, 15) is 9.59 Å². The lowest BCUT2D eigenvalue weighted by atomic mass is 9.83. The molecule has 1 aliphatic carbocycles. The predicted molar refractivity (Wildman–Crippen MR) is 99.8 cm³/mol. The smallest absolute Gasteiger partial charge is 0.317 e. The van der Waals surface area contributed by atoms with Gasteiger partial charge in [-0.15, -0.1) is 0 Å². The van der Waals surface area contributed by atoms with E-state index < -0.39 is 5.97 Å². The summed E-state index contributed by atoms with van der Waals surface area (Å²) >= 11 is 0. The standard InChI is InChI=1S/C19H33N3O5/c1-21(14-17(23)24)12-16-13-22(9-10-26-16)18(25)20-11-15-5-8-19(27-15)6-3-2-4-7-19/h15-16H,2-14H2,1H3,(H,20,25)(H,23,24). The van der Waals surface area contributed by atoms with E-state index in [-0.39, 0.29) is 30.4 Å². The van der Waals surface area contributed by atoms with Crippen LogP contribution in [-0.2, 0) is 14.3 Å². The normalized spacial score (nSPS) is 27.9. The fourth-order valence-electron chi connectivity index (χ4n) is 4.57. The molecule has 2 amide bonds. The first kappa shape index (κ1) is 20.4. The molecule has 0 aromatic carbocycles. The van der Waals surface area contributed by atoms with Gasteiger partial charge in [-0.3, -0.25) is 9.69 Å². The summed E-state index contributed by atoms with van der Waals surface area (Å²) in [6.45, 7) is 2.52. The average molecular weight is 383 g/mol. The van der Waals surface area contributed by atoms with Crippen molar-refractivity contribution in [3.8, 4) is 0 Å².